The zero-order valence-electron chi connectivity index (χ0n) is 11.0. The van der Waals surface area contributed by atoms with Gasteiger partial charge in [0.2, 0.25) is 0 Å². The van der Waals surface area contributed by atoms with Gasteiger partial charge in [0.05, 0.1) is 17.0 Å². The molecule has 0 radical (unpaired) electrons. The summed E-state index contributed by atoms with van der Waals surface area (Å²) in [5.74, 6) is -1.01. The average molecular weight is 269 g/mol. The first-order valence-corrected chi connectivity index (χ1v) is 6.63. The number of nitriles is 1. The van der Waals surface area contributed by atoms with E-state index in [1.54, 1.807) is 0 Å². The van der Waals surface area contributed by atoms with Crippen molar-refractivity contribution < 1.29 is 9.90 Å². The molecule has 102 valence electrons. The summed E-state index contributed by atoms with van der Waals surface area (Å²) in [6.45, 7) is 1.97. The van der Waals surface area contributed by atoms with E-state index in [1.807, 2.05) is 35.0 Å². The molecule has 1 N–H and O–H groups in total. The summed E-state index contributed by atoms with van der Waals surface area (Å²) in [6, 6.07) is 8.02. The number of rotatable bonds is 3. The van der Waals surface area contributed by atoms with Gasteiger partial charge in [0.1, 0.15) is 6.07 Å². The Bertz CT molecular complexity index is 699. The number of carboxylic acid groups (broad SMARTS) is 1. The Morgan fingerprint density at radius 2 is 2.35 bits per heavy atom. The van der Waals surface area contributed by atoms with Crippen LogP contribution in [0.25, 0.3) is 5.52 Å². The van der Waals surface area contributed by atoms with Crippen LogP contribution in [0, 0.1) is 17.2 Å². The molecular weight excluding hydrogens is 254 g/mol. The molecule has 1 aliphatic heterocycles. The normalized spacial score (nSPS) is 19.2. The Morgan fingerprint density at radius 3 is 3.05 bits per heavy atom. The first-order valence-electron chi connectivity index (χ1n) is 6.63. The molecule has 0 saturated carbocycles. The standard InChI is InChI=1S/C15H15N3O2/c16-7-13-12(10-18-5-2-1-3-14(13)18)9-17-6-4-11(8-17)15(19)20/h1-3,5,10-11H,4,6,8-9H2,(H,19,20). The highest BCUT2D eigenvalue weighted by molar-refractivity contribution is 5.70. The molecule has 2 aromatic rings. The number of fused-ring (bicyclic) bond motifs is 1. The minimum atomic E-state index is -0.727. The molecular formula is C15H15N3O2. The van der Waals surface area contributed by atoms with Crippen LogP contribution in [0.4, 0.5) is 0 Å². The van der Waals surface area contributed by atoms with E-state index in [2.05, 4.69) is 11.0 Å². The highest BCUT2D eigenvalue weighted by Crippen LogP contribution is 2.23. The number of aliphatic carboxylic acids is 1. The predicted octanol–water partition coefficient (Wildman–Crippen LogP) is 1.72. The summed E-state index contributed by atoms with van der Waals surface area (Å²) in [5.41, 5.74) is 2.55. The molecule has 0 aromatic carbocycles. The lowest BCUT2D eigenvalue weighted by Crippen LogP contribution is -2.22. The second-order valence-corrected chi connectivity index (χ2v) is 5.19. The molecule has 2 aromatic heterocycles. The highest BCUT2D eigenvalue weighted by Gasteiger charge is 2.28. The summed E-state index contributed by atoms with van der Waals surface area (Å²) in [4.78, 5) is 13.1. The third-order valence-electron chi connectivity index (χ3n) is 3.89. The first-order chi connectivity index (χ1) is 9.69. The first kappa shape index (κ1) is 12.7. The van der Waals surface area contributed by atoms with E-state index >= 15 is 0 Å². The SMILES string of the molecule is N#Cc1c(CN2CCC(C(=O)O)C2)cn2ccccc12. The van der Waals surface area contributed by atoms with E-state index < -0.39 is 5.97 Å². The highest BCUT2D eigenvalue weighted by atomic mass is 16.4. The minimum Gasteiger partial charge on any atom is -0.481 e. The Balaban J connectivity index is 1.85. The maximum Gasteiger partial charge on any atom is 0.307 e. The fourth-order valence-corrected chi connectivity index (χ4v) is 2.85. The quantitative estimate of drug-likeness (QED) is 0.921. The molecule has 0 amide bonds. The van der Waals surface area contributed by atoms with Crippen LogP contribution in [0.5, 0.6) is 0 Å². The van der Waals surface area contributed by atoms with Crippen LogP contribution < -0.4 is 0 Å². The number of carboxylic acids is 1. The number of nitrogens with zero attached hydrogens (tertiary/aromatic N) is 3. The lowest BCUT2D eigenvalue weighted by atomic mass is 10.1. The smallest absolute Gasteiger partial charge is 0.307 e. The zero-order valence-corrected chi connectivity index (χ0v) is 11.0. The lowest BCUT2D eigenvalue weighted by Gasteiger charge is -2.14. The molecule has 3 rings (SSSR count). The van der Waals surface area contributed by atoms with Crippen LogP contribution in [0.1, 0.15) is 17.5 Å². The van der Waals surface area contributed by atoms with Gasteiger partial charge < -0.3 is 9.51 Å². The van der Waals surface area contributed by atoms with Crippen LogP contribution in [0.15, 0.2) is 30.6 Å². The fraction of sp³-hybridized carbons (Fsp3) is 0.333. The molecule has 1 fully saturated rings. The van der Waals surface area contributed by atoms with Crippen molar-refractivity contribution in [3.8, 4) is 6.07 Å². The molecule has 1 atom stereocenters. The van der Waals surface area contributed by atoms with Gasteiger partial charge in [0.25, 0.3) is 0 Å². The topological polar surface area (TPSA) is 68.7 Å². The molecule has 5 heteroatoms. The third-order valence-corrected chi connectivity index (χ3v) is 3.89. The lowest BCUT2D eigenvalue weighted by molar-refractivity contribution is -0.141. The molecule has 1 aliphatic rings. The minimum absolute atomic E-state index is 0.280. The Hall–Kier alpha value is -2.32. The van der Waals surface area contributed by atoms with E-state index in [4.69, 9.17) is 5.11 Å². The number of likely N-dealkylation sites (tertiary alicyclic amines) is 1. The predicted molar refractivity (Wildman–Crippen MR) is 73.1 cm³/mol. The maximum atomic E-state index is 11.0. The van der Waals surface area contributed by atoms with Crippen molar-refractivity contribution in [2.45, 2.75) is 13.0 Å². The molecule has 0 aliphatic carbocycles. The summed E-state index contributed by atoms with van der Waals surface area (Å²) in [5, 5.41) is 18.4. The molecule has 1 unspecified atom stereocenters. The van der Waals surface area contributed by atoms with Crippen molar-refractivity contribution in [1.29, 1.82) is 5.26 Å². The van der Waals surface area contributed by atoms with Crippen molar-refractivity contribution in [3.63, 3.8) is 0 Å². The summed E-state index contributed by atoms with van der Waals surface area (Å²) in [7, 11) is 0. The number of carbonyl (C=O) groups is 1. The van der Waals surface area contributed by atoms with Crippen molar-refractivity contribution in [2.24, 2.45) is 5.92 Å². The Kier molecular flexibility index (Phi) is 3.17. The third kappa shape index (κ3) is 2.15. The monoisotopic (exact) mass is 269 g/mol. The fourth-order valence-electron chi connectivity index (χ4n) is 2.85. The molecule has 5 nitrogen and oxygen atoms in total. The second kappa shape index (κ2) is 4.99. The van der Waals surface area contributed by atoms with Crippen LogP contribution >= 0.6 is 0 Å². The average Bonchev–Trinajstić information content (AvgIpc) is 3.02. The van der Waals surface area contributed by atoms with E-state index in [9.17, 15) is 10.1 Å². The van der Waals surface area contributed by atoms with Crippen molar-refractivity contribution in [3.05, 3.63) is 41.7 Å². The molecule has 20 heavy (non-hydrogen) atoms. The number of hydrogen-bond acceptors (Lipinski definition) is 3. The van der Waals surface area contributed by atoms with Crippen LogP contribution in [-0.4, -0.2) is 33.5 Å². The number of aromatic nitrogens is 1. The molecule has 0 spiro atoms. The van der Waals surface area contributed by atoms with Crippen LogP contribution in [0.3, 0.4) is 0 Å². The maximum absolute atomic E-state index is 11.0. The van der Waals surface area contributed by atoms with E-state index in [-0.39, 0.29) is 5.92 Å². The zero-order chi connectivity index (χ0) is 14.1. The molecule has 1 saturated heterocycles. The van der Waals surface area contributed by atoms with Gasteiger partial charge in [0, 0.05) is 31.0 Å². The van der Waals surface area contributed by atoms with Crippen molar-refractivity contribution in [2.75, 3.05) is 13.1 Å². The Morgan fingerprint density at radius 1 is 1.50 bits per heavy atom. The van der Waals surface area contributed by atoms with Gasteiger partial charge >= 0.3 is 5.97 Å². The van der Waals surface area contributed by atoms with E-state index in [1.165, 1.54) is 0 Å². The Labute approximate surface area is 116 Å². The van der Waals surface area contributed by atoms with Crippen molar-refractivity contribution in [1.82, 2.24) is 9.30 Å². The largest absolute Gasteiger partial charge is 0.481 e. The summed E-state index contributed by atoms with van der Waals surface area (Å²) in [6.07, 6.45) is 4.57. The van der Waals surface area contributed by atoms with Crippen LogP contribution in [-0.2, 0) is 11.3 Å². The number of pyridine rings is 1. The van der Waals surface area contributed by atoms with E-state index in [0.717, 1.165) is 17.6 Å². The van der Waals surface area contributed by atoms with E-state index in [0.29, 0.717) is 25.1 Å². The molecule has 3 heterocycles. The van der Waals surface area contributed by atoms with Gasteiger partial charge in [-0.15, -0.1) is 0 Å². The van der Waals surface area contributed by atoms with Gasteiger partial charge in [-0.3, -0.25) is 9.69 Å². The van der Waals surface area contributed by atoms with Gasteiger partial charge in [-0.05, 0) is 25.1 Å². The van der Waals surface area contributed by atoms with Gasteiger partial charge in [-0.1, -0.05) is 6.07 Å². The van der Waals surface area contributed by atoms with Crippen LogP contribution in [0.2, 0.25) is 0 Å². The number of hydrogen-bond donors (Lipinski definition) is 1. The van der Waals surface area contributed by atoms with Gasteiger partial charge in [-0.2, -0.15) is 5.26 Å². The van der Waals surface area contributed by atoms with Crippen molar-refractivity contribution >= 4 is 11.5 Å². The van der Waals surface area contributed by atoms with Gasteiger partial charge in [-0.25, -0.2) is 0 Å². The second-order valence-electron chi connectivity index (χ2n) is 5.19. The van der Waals surface area contributed by atoms with Gasteiger partial charge in [0.15, 0.2) is 0 Å². The molecule has 0 bridgehead atoms. The summed E-state index contributed by atoms with van der Waals surface area (Å²) >= 11 is 0. The summed E-state index contributed by atoms with van der Waals surface area (Å²) < 4.78 is 1.94.